The van der Waals surface area contributed by atoms with Crippen molar-refractivity contribution in [2.24, 2.45) is 0 Å². The van der Waals surface area contributed by atoms with E-state index in [-0.39, 0.29) is 0 Å². The van der Waals surface area contributed by atoms with Crippen molar-refractivity contribution in [1.82, 2.24) is 0 Å². The lowest BCUT2D eigenvalue weighted by molar-refractivity contribution is -0.340. The molecule has 0 aliphatic rings. The van der Waals surface area contributed by atoms with Crippen molar-refractivity contribution in [3.8, 4) is 0 Å². The van der Waals surface area contributed by atoms with Gasteiger partial charge in [0.25, 0.3) is 7.82 Å². The molecule has 318 valence electrons. The van der Waals surface area contributed by atoms with Gasteiger partial charge < -0.3 is 133 Å². The zero-order valence-corrected chi connectivity index (χ0v) is 28.0. The van der Waals surface area contributed by atoms with Crippen LogP contribution >= 0.6 is 15.6 Å². The largest absolute Gasteiger partial charge is 0.790 e. The van der Waals surface area contributed by atoms with Gasteiger partial charge in [-0.1, -0.05) is 0 Å². The summed E-state index contributed by atoms with van der Waals surface area (Å²) in [5.74, 6) is -17.0. The summed E-state index contributed by atoms with van der Waals surface area (Å²) in [4.78, 5) is 138. The summed E-state index contributed by atoms with van der Waals surface area (Å²) in [6, 6.07) is 0. The van der Waals surface area contributed by atoms with Crippen LogP contribution in [0.3, 0.4) is 0 Å². The second-order valence-corrected chi connectivity index (χ2v) is 11.4. The minimum Gasteiger partial charge on any atom is -0.790 e. The molecule has 0 radical (unpaired) electrons. The average molecular weight is 859 g/mol. The number of carbonyl (C=O) groups is 9. The van der Waals surface area contributed by atoms with E-state index in [0.717, 1.165) is 0 Å². The number of carboxylic acids is 9. The molecule has 0 amide bonds. The van der Waals surface area contributed by atoms with E-state index >= 15 is 0 Å². The molecular formula is C18H21O33P2S-11. The number of hydrogen-bond donors (Lipinski definition) is 9. The summed E-state index contributed by atoms with van der Waals surface area (Å²) < 4.78 is 51.5. The van der Waals surface area contributed by atoms with Crippen LogP contribution in [0.4, 0.5) is 0 Å². The third-order valence-corrected chi connectivity index (χ3v) is 3.80. The first-order valence-corrected chi connectivity index (χ1v) is 15.9. The first kappa shape index (κ1) is 61.2. The van der Waals surface area contributed by atoms with E-state index in [1.54, 1.807) is 0 Å². The van der Waals surface area contributed by atoms with Gasteiger partial charge in [-0.05, 0) is 0 Å². The van der Waals surface area contributed by atoms with Crippen molar-refractivity contribution in [2.75, 3.05) is 0 Å². The van der Waals surface area contributed by atoms with Crippen LogP contribution in [0.15, 0.2) is 0 Å². The summed E-state index contributed by atoms with van der Waals surface area (Å²) >= 11 is 0. The molecule has 0 saturated heterocycles. The fraction of sp³-hybridized carbons (Fsp3) is 0.500. The lowest BCUT2D eigenvalue weighted by atomic mass is 9.96. The Kier molecular flexibility index (Phi) is 29.6. The monoisotopic (exact) mass is 859 g/mol. The minimum absolute atomic E-state index is 1.18. The molecule has 0 aliphatic heterocycles. The van der Waals surface area contributed by atoms with Crippen LogP contribution < -0.4 is 45.3 Å². The Morgan fingerprint density at radius 3 is 0.741 bits per heavy atom. The van der Waals surface area contributed by atoms with E-state index in [1.807, 2.05) is 0 Å². The van der Waals surface area contributed by atoms with E-state index in [0.29, 0.717) is 0 Å². The normalized spacial score (nSPS) is 12.0. The van der Waals surface area contributed by atoms with Crippen LogP contribution in [0.1, 0.15) is 38.5 Å². The van der Waals surface area contributed by atoms with Crippen LogP contribution in [0.2, 0.25) is 0 Å². The fourth-order valence-corrected chi connectivity index (χ4v) is 2.08. The van der Waals surface area contributed by atoms with Crippen molar-refractivity contribution in [1.29, 1.82) is 0 Å². The van der Waals surface area contributed by atoms with Crippen molar-refractivity contribution in [2.45, 2.75) is 55.3 Å². The second kappa shape index (κ2) is 26.1. The fourth-order valence-electron chi connectivity index (χ4n) is 2.08. The second-order valence-electron chi connectivity index (χ2n) is 8.67. The van der Waals surface area contributed by atoms with Crippen LogP contribution in [-0.2, 0) is 62.7 Å². The van der Waals surface area contributed by atoms with E-state index in [2.05, 4.69) is 0 Å². The molecule has 54 heavy (non-hydrogen) atoms. The SMILES string of the molecule is O=C([O-])CC(O)(CC(=O)O)C(=O)O.O=C([O-])CC(O)(CC(=O)[O-])C(=O)O.O=C([O-])CC(O)(CC(=O)[O-])C(=O)[O-].O=P([O-])(O)O.O=P([O-])([O-])O.O=S(=O)([O-])[O-]. The number of carbonyl (C=O) groups excluding carboxylic acids is 6. The van der Waals surface area contributed by atoms with Crippen molar-refractivity contribution in [3.05, 3.63) is 0 Å². The highest BCUT2D eigenvalue weighted by atomic mass is 32.3. The molecule has 0 aromatic carbocycles. The lowest BCUT2D eigenvalue weighted by Crippen LogP contribution is -2.54. The predicted octanol–water partition coefficient (Wildman–Crippen LogP) is -16.8. The van der Waals surface area contributed by atoms with E-state index < -0.39 is 135 Å². The zero-order valence-electron chi connectivity index (χ0n) is 25.4. The van der Waals surface area contributed by atoms with Gasteiger partial charge in [-0.25, -0.2) is 9.59 Å². The van der Waals surface area contributed by atoms with Gasteiger partial charge in [0.1, 0.15) is 5.60 Å². The summed E-state index contributed by atoms with van der Waals surface area (Å²) in [5.41, 5.74) is -8.64. The van der Waals surface area contributed by atoms with E-state index in [4.69, 9.17) is 86.7 Å². The molecule has 1 atom stereocenters. The maximum atomic E-state index is 10.3. The Labute approximate surface area is 295 Å². The van der Waals surface area contributed by atoms with Gasteiger partial charge in [0, 0.05) is 72.3 Å². The van der Waals surface area contributed by atoms with E-state index in [9.17, 15) is 73.8 Å². The molecule has 0 aromatic heterocycles. The van der Waals surface area contributed by atoms with Gasteiger partial charge in [-0.3, -0.25) is 17.8 Å². The van der Waals surface area contributed by atoms with Gasteiger partial charge in [0.15, 0.2) is 11.2 Å². The summed E-state index contributed by atoms with van der Waals surface area (Å²) in [7, 11) is -15.2. The summed E-state index contributed by atoms with van der Waals surface area (Å²) in [6.07, 6.45) is -7.75. The van der Waals surface area contributed by atoms with Crippen LogP contribution in [0, 0.1) is 0 Å². The highest BCUT2D eigenvalue weighted by Crippen LogP contribution is 2.19. The van der Waals surface area contributed by atoms with Gasteiger partial charge in [-0.2, -0.15) is 0 Å². The molecule has 0 saturated carbocycles. The third-order valence-electron chi connectivity index (χ3n) is 3.80. The van der Waals surface area contributed by atoms with Gasteiger partial charge in [0.05, 0.1) is 20.2 Å². The number of hydrogen-bond acceptors (Lipinski definition) is 27. The van der Waals surface area contributed by atoms with Crippen molar-refractivity contribution in [3.63, 3.8) is 0 Å². The Morgan fingerprint density at radius 1 is 0.481 bits per heavy atom. The Bertz CT molecular complexity index is 1300. The number of aliphatic carboxylic acids is 9. The first-order chi connectivity index (χ1) is 23.3. The molecule has 0 aromatic rings. The maximum Gasteiger partial charge on any atom is 0.336 e. The number of aliphatic hydroxyl groups is 3. The maximum absolute atomic E-state index is 10.3. The molecule has 9 N–H and O–H groups in total. The highest BCUT2D eigenvalue weighted by molar-refractivity contribution is 7.79. The van der Waals surface area contributed by atoms with Gasteiger partial charge in [-0.15, -0.1) is 0 Å². The molecule has 0 rings (SSSR count). The Morgan fingerprint density at radius 2 is 0.630 bits per heavy atom. The minimum atomic E-state index is -5.17. The smallest absolute Gasteiger partial charge is 0.336 e. The van der Waals surface area contributed by atoms with Crippen LogP contribution in [0.5, 0.6) is 0 Å². The molecule has 33 nitrogen and oxygen atoms in total. The standard InChI is InChI=1S/3C6H8O7.2H3O4P.H2O4S/c3*7-3(8)1-6(13,5(11)12)2-4(9)10;3*1-5(2,3)4/h3*13H,1-2H2,(H,7,8)(H,9,10)(H,11,12);2*(H3,1,2,3,4);(H2,1,2,3,4)/p-11. The molecule has 1 unspecified atom stereocenters. The zero-order chi connectivity index (χ0) is 45.4. The molecule has 0 bridgehead atoms. The third kappa shape index (κ3) is 54.0. The molecular weight excluding hydrogens is 838 g/mol. The van der Waals surface area contributed by atoms with Gasteiger partial charge in [0.2, 0.25) is 0 Å². The summed E-state index contributed by atoms with van der Waals surface area (Å²) in [6.45, 7) is 0. The first-order valence-electron chi connectivity index (χ1n) is 11.6. The summed E-state index contributed by atoms with van der Waals surface area (Å²) in [5, 5.41) is 112. The number of phosphoric acid groups is 2. The Hall–Kier alpha value is -4.80. The molecule has 0 aliphatic carbocycles. The lowest BCUT2D eigenvalue weighted by Gasteiger charge is -2.29. The van der Waals surface area contributed by atoms with Crippen molar-refractivity contribution < 1.29 is 160 Å². The van der Waals surface area contributed by atoms with Gasteiger partial charge >= 0.3 is 17.9 Å². The Balaban J connectivity index is -0.000000135. The topological polar surface area (TPSA) is 658 Å². The molecule has 0 fully saturated rings. The average Bonchev–Trinajstić information content (AvgIpc) is 2.78. The number of carboxylic acid groups (broad SMARTS) is 9. The van der Waals surface area contributed by atoms with Crippen LogP contribution in [0.25, 0.3) is 0 Å². The number of rotatable bonds is 15. The van der Waals surface area contributed by atoms with Crippen molar-refractivity contribution >= 4 is 79.8 Å². The molecule has 36 heteroatoms. The highest BCUT2D eigenvalue weighted by Gasteiger charge is 2.38. The molecule has 0 heterocycles. The quantitative estimate of drug-likeness (QED) is 0.0419. The van der Waals surface area contributed by atoms with Crippen LogP contribution in [-0.4, -0.2) is 133 Å². The van der Waals surface area contributed by atoms with E-state index in [1.165, 1.54) is 0 Å². The molecule has 0 spiro atoms. The predicted molar refractivity (Wildman–Crippen MR) is 128 cm³/mol.